The number of hydrogen-bond acceptors (Lipinski definition) is 4. The zero-order chi connectivity index (χ0) is 7.98. The highest BCUT2D eigenvalue weighted by molar-refractivity contribution is 4.69. The van der Waals surface area contributed by atoms with Gasteiger partial charge in [0, 0.05) is 6.42 Å². The molecule has 0 spiro atoms. The summed E-state index contributed by atoms with van der Waals surface area (Å²) < 4.78 is 4.62. The molecule has 0 aromatic heterocycles. The number of aliphatic hydroxyl groups excluding tert-OH is 2. The van der Waals surface area contributed by atoms with Crippen molar-refractivity contribution in [1.29, 1.82) is 0 Å². The summed E-state index contributed by atoms with van der Waals surface area (Å²) >= 11 is 0. The third kappa shape index (κ3) is 5.71. The molecule has 0 rings (SSSR count). The Balaban J connectivity index is 3.11. The van der Waals surface area contributed by atoms with E-state index in [2.05, 4.69) is 11.3 Å². The Kier molecular flexibility index (Phi) is 5.15. The summed E-state index contributed by atoms with van der Waals surface area (Å²) in [7, 11) is 0. The third-order valence-corrected chi connectivity index (χ3v) is 0.866. The van der Waals surface area contributed by atoms with Crippen molar-refractivity contribution in [2.75, 3.05) is 6.61 Å². The van der Waals surface area contributed by atoms with Crippen molar-refractivity contribution in [2.24, 2.45) is 0 Å². The van der Waals surface area contributed by atoms with E-state index in [9.17, 15) is 0 Å². The first-order valence-electron chi connectivity index (χ1n) is 2.95. The quantitative estimate of drug-likeness (QED) is 0.353. The van der Waals surface area contributed by atoms with Gasteiger partial charge in [-0.2, -0.15) is 0 Å². The second-order valence-electron chi connectivity index (χ2n) is 1.77. The van der Waals surface area contributed by atoms with Crippen LogP contribution in [-0.2, 0) is 4.74 Å². The molecule has 0 aromatic carbocycles. The molecule has 0 amide bonds. The average molecular weight is 148 g/mol. The van der Waals surface area contributed by atoms with Crippen LogP contribution in [0.25, 0.3) is 0 Å². The largest absolute Gasteiger partial charge is 0.368 e. The molecule has 0 radical (unpaired) electrons. The van der Waals surface area contributed by atoms with E-state index in [0.29, 0.717) is 0 Å². The normalized spacial score (nSPS) is 13.6. The average Bonchev–Trinajstić information content (AvgIpc) is 1.87. The second-order valence-corrected chi connectivity index (χ2v) is 1.77. The fourth-order valence-corrected chi connectivity index (χ4v) is 0.362. The van der Waals surface area contributed by atoms with E-state index in [4.69, 9.17) is 15.3 Å². The summed E-state index contributed by atoms with van der Waals surface area (Å²) in [4.78, 5) is 0. The van der Waals surface area contributed by atoms with Crippen LogP contribution in [0.4, 0.5) is 0 Å². The molecular weight excluding hydrogens is 136 g/mol. The first-order chi connectivity index (χ1) is 4.66. The second kappa shape index (κ2) is 5.37. The minimum absolute atomic E-state index is 0.0882. The first kappa shape index (κ1) is 9.58. The summed E-state index contributed by atoms with van der Waals surface area (Å²) in [5.74, 6) is 0. The van der Waals surface area contributed by atoms with E-state index in [0.717, 1.165) is 0 Å². The molecule has 0 bridgehead atoms. The maximum absolute atomic E-state index is 8.67. The summed E-state index contributed by atoms with van der Waals surface area (Å²) in [5.41, 5.74) is 0. The molecule has 0 saturated carbocycles. The van der Waals surface area contributed by atoms with Crippen LogP contribution in [0.3, 0.4) is 0 Å². The van der Waals surface area contributed by atoms with Crippen molar-refractivity contribution in [1.82, 2.24) is 0 Å². The lowest BCUT2D eigenvalue weighted by Gasteiger charge is -2.07. The van der Waals surface area contributed by atoms with Gasteiger partial charge in [-0.15, -0.1) is 0 Å². The molecule has 0 aliphatic heterocycles. The van der Waals surface area contributed by atoms with Crippen molar-refractivity contribution in [3.63, 3.8) is 0 Å². The molecule has 3 N–H and O–H groups in total. The Morgan fingerprint density at radius 2 is 2.00 bits per heavy atom. The van der Waals surface area contributed by atoms with Gasteiger partial charge in [-0.3, -0.25) is 0 Å². The van der Waals surface area contributed by atoms with E-state index >= 15 is 0 Å². The van der Waals surface area contributed by atoms with E-state index < -0.39 is 12.6 Å². The van der Waals surface area contributed by atoms with Crippen LogP contribution in [0.2, 0.25) is 0 Å². The van der Waals surface area contributed by atoms with Gasteiger partial charge in [0.05, 0.1) is 6.61 Å². The van der Waals surface area contributed by atoms with Crippen LogP contribution in [0.5, 0.6) is 0 Å². The Morgan fingerprint density at radius 1 is 1.40 bits per heavy atom. The van der Waals surface area contributed by atoms with E-state index in [1.54, 1.807) is 0 Å². The van der Waals surface area contributed by atoms with E-state index in [1.807, 2.05) is 0 Å². The predicted octanol–water partition coefficient (Wildman–Crippen LogP) is -0.792. The van der Waals surface area contributed by atoms with E-state index in [1.165, 1.54) is 6.08 Å². The number of hydrogen-bond donors (Lipinski definition) is 3. The van der Waals surface area contributed by atoms with Crippen molar-refractivity contribution in [2.45, 2.75) is 19.0 Å². The maximum atomic E-state index is 8.67. The summed E-state index contributed by atoms with van der Waals surface area (Å²) in [6, 6.07) is 0. The van der Waals surface area contributed by atoms with Gasteiger partial charge < -0.3 is 20.1 Å². The van der Waals surface area contributed by atoms with Crippen LogP contribution in [-0.4, -0.2) is 34.5 Å². The van der Waals surface area contributed by atoms with Crippen molar-refractivity contribution >= 4 is 0 Å². The molecule has 0 aliphatic carbocycles. The minimum Gasteiger partial charge on any atom is -0.368 e. The van der Waals surface area contributed by atoms with Gasteiger partial charge in [-0.05, 0) is 6.08 Å². The lowest BCUT2D eigenvalue weighted by atomic mass is 10.4. The third-order valence-electron chi connectivity index (χ3n) is 0.866. The Labute approximate surface area is 59.4 Å². The molecule has 1 atom stereocenters. The monoisotopic (exact) mass is 148 g/mol. The van der Waals surface area contributed by atoms with Crippen LogP contribution in [0.15, 0.2) is 12.7 Å². The molecule has 4 nitrogen and oxygen atoms in total. The number of aliphatic hydroxyl groups is 3. The molecule has 1 unspecified atom stereocenters. The van der Waals surface area contributed by atoms with E-state index in [-0.39, 0.29) is 13.0 Å². The number of rotatable bonds is 5. The SMILES string of the molecule is C=CC(O)OCCC(O)O. The predicted molar refractivity (Wildman–Crippen MR) is 35.0 cm³/mol. The lowest BCUT2D eigenvalue weighted by molar-refractivity contribution is -0.102. The molecule has 0 aromatic rings. The van der Waals surface area contributed by atoms with Crippen LogP contribution in [0.1, 0.15) is 6.42 Å². The zero-order valence-electron chi connectivity index (χ0n) is 5.60. The van der Waals surface area contributed by atoms with Gasteiger partial charge in [0.2, 0.25) is 0 Å². The number of ether oxygens (including phenoxy) is 1. The van der Waals surface area contributed by atoms with Crippen molar-refractivity contribution < 1.29 is 20.1 Å². The smallest absolute Gasteiger partial charge is 0.173 e. The fourth-order valence-electron chi connectivity index (χ4n) is 0.362. The van der Waals surface area contributed by atoms with Crippen molar-refractivity contribution in [3.8, 4) is 0 Å². The lowest BCUT2D eigenvalue weighted by Crippen LogP contribution is -2.14. The highest BCUT2D eigenvalue weighted by Gasteiger charge is 1.99. The molecule has 0 aliphatic rings. The van der Waals surface area contributed by atoms with Gasteiger partial charge in [0.1, 0.15) is 0 Å². The highest BCUT2D eigenvalue weighted by atomic mass is 16.6. The Hall–Kier alpha value is -0.420. The minimum atomic E-state index is -1.38. The first-order valence-corrected chi connectivity index (χ1v) is 2.95. The fraction of sp³-hybridized carbons (Fsp3) is 0.667. The Bertz CT molecular complexity index is 91.7. The van der Waals surface area contributed by atoms with Crippen LogP contribution >= 0.6 is 0 Å². The van der Waals surface area contributed by atoms with Crippen LogP contribution < -0.4 is 0 Å². The van der Waals surface area contributed by atoms with Crippen molar-refractivity contribution in [3.05, 3.63) is 12.7 Å². The molecular formula is C6H12O4. The topological polar surface area (TPSA) is 69.9 Å². The van der Waals surface area contributed by atoms with Gasteiger partial charge >= 0.3 is 0 Å². The summed E-state index contributed by atoms with van der Waals surface area (Å²) in [6.45, 7) is 3.36. The zero-order valence-corrected chi connectivity index (χ0v) is 5.60. The van der Waals surface area contributed by atoms with Gasteiger partial charge in [0.15, 0.2) is 12.6 Å². The molecule has 0 saturated heterocycles. The summed E-state index contributed by atoms with van der Waals surface area (Å²) in [5, 5.41) is 25.3. The summed E-state index contributed by atoms with van der Waals surface area (Å²) in [6.07, 6.45) is -1.09. The molecule has 0 fully saturated rings. The van der Waals surface area contributed by atoms with Gasteiger partial charge in [0.25, 0.3) is 0 Å². The highest BCUT2D eigenvalue weighted by Crippen LogP contribution is 1.92. The van der Waals surface area contributed by atoms with Gasteiger partial charge in [-0.1, -0.05) is 6.58 Å². The molecule has 10 heavy (non-hydrogen) atoms. The molecule has 60 valence electrons. The van der Waals surface area contributed by atoms with Gasteiger partial charge in [-0.25, -0.2) is 0 Å². The molecule has 4 heteroatoms. The maximum Gasteiger partial charge on any atom is 0.173 e. The van der Waals surface area contributed by atoms with Crippen LogP contribution in [0, 0.1) is 0 Å². The standard InChI is InChI=1S/C6H12O4/c1-2-6(9)10-4-3-5(7)8/h2,5-9H,1,3-4H2. The molecule has 0 heterocycles. The Morgan fingerprint density at radius 3 is 2.40 bits per heavy atom.